The number of nitrogens with zero attached hydrogens (tertiary/aromatic N) is 1. The minimum Gasteiger partial charge on any atom is -0.478 e. The third-order valence-corrected chi connectivity index (χ3v) is 8.22. The van der Waals surface area contributed by atoms with Crippen molar-refractivity contribution in [2.75, 3.05) is 5.32 Å². The number of fused-ring (bicyclic) bond motifs is 2. The van der Waals surface area contributed by atoms with Crippen molar-refractivity contribution in [1.29, 1.82) is 0 Å². The van der Waals surface area contributed by atoms with Crippen LogP contribution < -0.4 is 5.32 Å². The Morgan fingerprint density at radius 3 is 2.66 bits per heavy atom. The van der Waals surface area contributed by atoms with Gasteiger partial charge < -0.3 is 10.4 Å². The van der Waals surface area contributed by atoms with Gasteiger partial charge in [-0.3, -0.25) is 4.79 Å². The van der Waals surface area contributed by atoms with Crippen LogP contribution in [0.4, 0.5) is 5.00 Å². The Morgan fingerprint density at radius 1 is 1.14 bits per heavy atom. The van der Waals surface area contributed by atoms with E-state index in [1.54, 1.807) is 18.2 Å². The van der Waals surface area contributed by atoms with Crippen molar-refractivity contribution in [3.05, 3.63) is 79.6 Å². The SMILES string of the molecule is Cc1c(-c2ccc(Cl)cc2Cl)nc2ccccc2c1C(=O)Nc1sc2c(c1C(=O)O)CCC(C)C2. The number of aromatic nitrogens is 1. The van der Waals surface area contributed by atoms with Crippen LogP contribution in [0, 0.1) is 12.8 Å². The molecule has 4 aromatic rings. The fraction of sp³-hybridized carbons (Fsp3) is 0.222. The lowest BCUT2D eigenvalue weighted by Gasteiger charge is -2.17. The molecule has 0 fully saturated rings. The zero-order chi connectivity index (χ0) is 24.9. The molecule has 178 valence electrons. The van der Waals surface area contributed by atoms with E-state index in [0.717, 1.165) is 23.3 Å². The number of rotatable bonds is 4. The van der Waals surface area contributed by atoms with Crippen molar-refractivity contribution in [2.24, 2.45) is 5.92 Å². The first-order chi connectivity index (χ1) is 16.7. The van der Waals surface area contributed by atoms with Gasteiger partial charge in [-0.25, -0.2) is 9.78 Å². The lowest BCUT2D eigenvalue weighted by molar-refractivity contribution is 0.0697. The number of amides is 1. The van der Waals surface area contributed by atoms with Gasteiger partial charge in [0.1, 0.15) is 5.00 Å². The summed E-state index contributed by atoms with van der Waals surface area (Å²) in [4.78, 5) is 31.7. The van der Waals surface area contributed by atoms with Gasteiger partial charge in [-0.1, -0.05) is 48.3 Å². The molecule has 5 rings (SSSR count). The number of nitrogens with one attached hydrogen (secondary N) is 1. The Morgan fingerprint density at radius 2 is 1.91 bits per heavy atom. The van der Waals surface area contributed by atoms with Crippen molar-refractivity contribution in [3.8, 4) is 11.3 Å². The van der Waals surface area contributed by atoms with Crippen LogP contribution in [0.2, 0.25) is 10.0 Å². The molecule has 2 aromatic carbocycles. The summed E-state index contributed by atoms with van der Waals surface area (Å²) in [5, 5.41) is 14.9. The Balaban J connectivity index is 1.65. The number of pyridine rings is 1. The molecule has 1 atom stereocenters. The molecule has 0 saturated carbocycles. The summed E-state index contributed by atoms with van der Waals surface area (Å²) in [5.74, 6) is -0.900. The maximum Gasteiger partial charge on any atom is 0.339 e. The predicted molar refractivity (Wildman–Crippen MR) is 142 cm³/mol. The summed E-state index contributed by atoms with van der Waals surface area (Å²) in [6, 6.07) is 12.6. The molecule has 5 nitrogen and oxygen atoms in total. The van der Waals surface area contributed by atoms with Crippen LogP contribution >= 0.6 is 34.5 Å². The van der Waals surface area contributed by atoms with Crippen LogP contribution in [0.5, 0.6) is 0 Å². The number of carbonyl (C=O) groups is 2. The topological polar surface area (TPSA) is 79.3 Å². The molecule has 35 heavy (non-hydrogen) atoms. The largest absolute Gasteiger partial charge is 0.478 e. The van der Waals surface area contributed by atoms with E-state index in [9.17, 15) is 14.7 Å². The molecule has 1 aliphatic carbocycles. The summed E-state index contributed by atoms with van der Waals surface area (Å²) in [5.41, 5.74) is 4.03. The number of thiophene rings is 1. The monoisotopic (exact) mass is 524 g/mol. The average Bonchev–Trinajstić information content (AvgIpc) is 3.15. The van der Waals surface area contributed by atoms with Gasteiger partial charge in [0, 0.05) is 20.8 Å². The standard InChI is InChI=1S/C27H22Cl2N2O3S/c1-13-7-9-18-21(11-13)35-26(23(18)27(33)34)31-25(32)22-14(2)24(16-10-8-15(28)12-19(16)29)30-20-6-4-3-5-17(20)22/h3-6,8,10,12-13H,7,9,11H2,1-2H3,(H,31,32)(H,33,34). The summed E-state index contributed by atoms with van der Waals surface area (Å²) in [6.45, 7) is 3.99. The minimum absolute atomic E-state index is 0.210. The molecule has 2 N–H and O–H groups in total. The number of carboxylic acid groups (broad SMARTS) is 1. The maximum absolute atomic E-state index is 13.7. The second-order valence-electron chi connectivity index (χ2n) is 8.92. The van der Waals surface area contributed by atoms with E-state index in [-0.39, 0.29) is 11.5 Å². The number of anilines is 1. The summed E-state index contributed by atoms with van der Waals surface area (Å²) in [6.07, 6.45) is 2.48. The van der Waals surface area contributed by atoms with Gasteiger partial charge in [-0.2, -0.15) is 0 Å². The Bertz CT molecular complexity index is 1510. The van der Waals surface area contributed by atoms with Crippen molar-refractivity contribution < 1.29 is 14.7 Å². The normalized spacial score (nSPS) is 15.1. The van der Waals surface area contributed by atoms with Gasteiger partial charge in [0.25, 0.3) is 5.91 Å². The first-order valence-electron chi connectivity index (χ1n) is 11.3. The zero-order valence-corrected chi connectivity index (χ0v) is 21.4. The van der Waals surface area contributed by atoms with Crippen LogP contribution in [-0.2, 0) is 12.8 Å². The molecule has 0 bridgehead atoms. The molecular weight excluding hydrogens is 503 g/mol. The third-order valence-electron chi connectivity index (χ3n) is 6.50. The first kappa shape index (κ1) is 23.8. The van der Waals surface area contributed by atoms with Gasteiger partial charge in [-0.05, 0) is 67.5 Å². The summed E-state index contributed by atoms with van der Waals surface area (Å²) >= 11 is 13.9. The van der Waals surface area contributed by atoms with E-state index < -0.39 is 5.97 Å². The molecule has 8 heteroatoms. The quantitative estimate of drug-likeness (QED) is 0.287. The maximum atomic E-state index is 13.7. The fourth-order valence-corrected chi connectivity index (χ4v) is 6.67. The van der Waals surface area contributed by atoms with E-state index in [4.69, 9.17) is 28.2 Å². The van der Waals surface area contributed by atoms with Crippen molar-refractivity contribution in [2.45, 2.75) is 33.1 Å². The van der Waals surface area contributed by atoms with Crippen LogP contribution in [-0.4, -0.2) is 22.0 Å². The molecule has 0 spiro atoms. The molecule has 1 aliphatic rings. The Labute approximate surface area is 216 Å². The second kappa shape index (κ2) is 9.26. The van der Waals surface area contributed by atoms with Gasteiger partial charge in [0.05, 0.1) is 27.4 Å². The van der Waals surface area contributed by atoms with Gasteiger partial charge in [0.2, 0.25) is 0 Å². The van der Waals surface area contributed by atoms with E-state index in [0.29, 0.717) is 60.7 Å². The lowest BCUT2D eigenvalue weighted by atomic mass is 9.88. The number of benzene rings is 2. The number of para-hydroxylation sites is 1. The molecular formula is C27H22Cl2N2O3S. The van der Waals surface area contributed by atoms with E-state index in [1.807, 2.05) is 31.2 Å². The zero-order valence-electron chi connectivity index (χ0n) is 19.1. The molecule has 2 aromatic heterocycles. The van der Waals surface area contributed by atoms with Crippen LogP contribution in [0.25, 0.3) is 22.2 Å². The van der Waals surface area contributed by atoms with Crippen LogP contribution in [0.1, 0.15) is 50.1 Å². The van der Waals surface area contributed by atoms with Gasteiger partial charge >= 0.3 is 5.97 Å². The van der Waals surface area contributed by atoms with Crippen molar-refractivity contribution in [1.82, 2.24) is 4.98 Å². The van der Waals surface area contributed by atoms with Crippen molar-refractivity contribution in [3.63, 3.8) is 0 Å². The Kier molecular flexibility index (Phi) is 6.30. The van der Waals surface area contributed by atoms with Crippen LogP contribution in [0.15, 0.2) is 42.5 Å². The fourth-order valence-electron chi connectivity index (χ4n) is 4.77. The van der Waals surface area contributed by atoms with Gasteiger partial charge in [0.15, 0.2) is 0 Å². The Hall–Kier alpha value is -2.93. The van der Waals surface area contributed by atoms with Crippen LogP contribution in [0.3, 0.4) is 0 Å². The molecule has 2 heterocycles. The highest BCUT2D eigenvalue weighted by Crippen LogP contribution is 2.41. The van der Waals surface area contributed by atoms with Crippen molar-refractivity contribution >= 4 is 62.3 Å². The minimum atomic E-state index is -1.02. The molecule has 0 saturated heterocycles. The average molecular weight is 525 g/mol. The lowest BCUT2D eigenvalue weighted by Crippen LogP contribution is -2.17. The smallest absolute Gasteiger partial charge is 0.339 e. The summed E-state index contributed by atoms with van der Waals surface area (Å²) in [7, 11) is 0. The molecule has 1 amide bonds. The van der Waals surface area contributed by atoms with E-state index in [1.165, 1.54) is 11.3 Å². The molecule has 1 unspecified atom stereocenters. The number of carboxylic acids is 1. The highest BCUT2D eigenvalue weighted by molar-refractivity contribution is 7.17. The second-order valence-corrected chi connectivity index (χ2v) is 10.9. The van der Waals surface area contributed by atoms with E-state index in [2.05, 4.69) is 12.2 Å². The number of hydrogen-bond acceptors (Lipinski definition) is 4. The van der Waals surface area contributed by atoms with E-state index >= 15 is 0 Å². The number of carbonyl (C=O) groups excluding carboxylic acids is 1. The number of aromatic carboxylic acids is 1. The highest BCUT2D eigenvalue weighted by Gasteiger charge is 2.29. The molecule has 0 aliphatic heterocycles. The molecule has 0 radical (unpaired) electrons. The van der Waals surface area contributed by atoms with Gasteiger partial charge in [-0.15, -0.1) is 11.3 Å². The summed E-state index contributed by atoms with van der Waals surface area (Å²) < 4.78 is 0. The predicted octanol–water partition coefficient (Wildman–Crippen LogP) is 7.65. The number of halogens is 2. The number of hydrogen-bond donors (Lipinski definition) is 2. The first-order valence-corrected chi connectivity index (χ1v) is 12.9. The highest BCUT2D eigenvalue weighted by atomic mass is 35.5. The third kappa shape index (κ3) is 4.31.